The molecule has 0 bridgehead atoms. The number of aliphatic carboxylic acids is 1. The maximum atomic E-state index is 11.6. The van der Waals surface area contributed by atoms with Crippen molar-refractivity contribution in [3.8, 4) is 11.6 Å². The van der Waals surface area contributed by atoms with Crippen LogP contribution in [0.4, 0.5) is 0 Å². The van der Waals surface area contributed by atoms with Gasteiger partial charge in [0.25, 0.3) is 0 Å². The van der Waals surface area contributed by atoms with E-state index in [9.17, 15) is 9.90 Å². The molecule has 0 radical (unpaired) electrons. The number of ether oxygens (including phenoxy) is 3. The lowest BCUT2D eigenvalue weighted by Crippen LogP contribution is -2.40. The molecule has 6 heteroatoms. The van der Waals surface area contributed by atoms with E-state index in [1.165, 1.54) is 5.56 Å². The Kier molecular flexibility index (Phi) is 6.52. The van der Waals surface area contributed by atoms with Crippen LogP contribution in [0, 0.1) is 0 Å². The number of hydrogen-bond donors (Lipinski definition) is 1. The Morgan fingerprint density at radius 1 is 1.21 bits per heavy atom. The summed E-state index contributed by atoms with van der Waals surface area (Å²) in [6.07, 6.45) is 3.21. The largest absolute Gasteiger partial charge is 0.490 e. The molecule has 1 saturated heterocycles. The predicted octanol–water partition coefficient (Wildman–Crippen LogP) is 3.84. The molecule has 3 rings (SSSR count). The molecule has 1 atom stereocenters. The topological polar surface area (TPSA) is 77.9 Å². The van der Waals surface area contributed by atoms with E-state index >= 15 is 0 Å². The molecule has 1 fully saturated rings. The number of carboxylic acids is 1. The Balaban J connectivity index is 1.50. The molecule has 1 aliphatic heterocycles. The third kappa shape index (κ3) is 5.01. The van der Waals surface area contributed by atoms with Gasteiger partial charge in [-0.25, -0.2) is 9.78 Å². The molecule has 0 amide bonds. The van der Waals surface area contributed by atoms with Crippen molar-refractivity contribution in [2.45, 2.75) is 44.6 Å². The Bertz CT molecular complexity index is 782. The van der Waals surface area contributed by atoms with Crippen LogP contribution in [-0.2, 0) is 16.0 Å². The predicted molar refractivity (Wildman–Crippen MR) is 105 cm³/mol. The van der Waals surface area contributed by atoms with E-state index in [1.54, 1.807) is 18.3 Å². The van der Waals surface area contributed by atoms with Gasteiger partial charge in [0.05, 0.1) is 0 Å². The van der Waals surface area contributed by atoms with Crippen LogP contribution in [0.1, 0.15) is 43.7 Å². The van der Waals surface area contributed by atoms with Gasteiger partial charge < -0.3 is 19.3 Å². The van der Waals surface area contributed by atoms with Crippen molar-refractivity contribution in [3.05, 3.63) is 53.7 Å². The highest BCUT2D eigenvalue weighted by molar-refractivity contribution is 5.78. The maximum absolute atomic E-state index is 11.6. The lowest BCUT2D eigenvalue weighted by Gasteiger charge is -2.23. The quantitative estimate of drug-likeness (QED) is 0.661. The molecule has 1 aromatic carbocycles. The summed E-state index contributed by atoms with van der Waals surface area (Å²) in [5.74, 6) is 0.832. The highest BCUT2D eigenvalue weighted by Crippen LogP contribution is 2.30. The highest BCUT2D eigenvalue weighted by Gasteiger charge is 2.42. The number of aromatic nitrogens is 1. The summed E-state index contributed by atoms with van der Waals surface area (Å²) >= 11 is 0. The molecule has 1 aliphatic rings. The molecule has 1 aromatic heterocycles. The van der Waals surface area contributed by atoms with Crippen LogP contribution in [0.25, 0.3) is 0 Å². The first kappa shape index (κ1) is 20.1. The Hall–Kier alpha value is -2.60. The maximum Gasteiger partial charge on any atom is 0.336 e. The lowest BCUT2D eigenvalue weighted by molar-refractivity contribution is -0.159. The van der Waals surface area contributed by atoms with Crippen LogP contribution >= 0.6 is 0 Å². The van der Waals surface area contributed by atoms with Crippen LogP contribution in [0.5, 0.6) is 11.6 Å². The van der Waals surface area contributed by atoms with Gasteiger partial charge in [0, 0.05) is 25.3 Å². The fourth-order valence-electron chi connectivity index (χ4n) is 3.30. The minimum atomic E-state index is -1.14. The fourth-order valence-corrected chi connectivity index (χ4v) is 3.30. The van der Waals surface area contributed by atoms with Gasteiger partial charge in [-0.15, -0.1) is 0 Å². The van der Waals surface area contributed by atoms with E-state index in [0.29, 0.717) is 44.5 Å². The van der Waals surface area contributed by atoms with Gasteiger partial charge in [0.1, 0.15) is 19.0 Å². The SMILES string of the molecule is CC(C)c1ccc(OCCOc2cc(CC3(C(=O)O)CCCO3)ccn2)cc1. The average Bonchev–Trinajstić information content (AvgIpc) is 3.16. The van der Waals surface area contributed by atoms with E-state index in [0.717, 1.165) is 17.7 Å². The smallest absolute Gasteiger partial charge is 0.336 e. The van der Waals surface area contributed by atoms with Gasteiger partial charge in [-0.1, -0.05) is 26.0 Å². The van der Waals surface area contributed by atoms with E-state index < -0.39 is 11.6 Å². The molecule has 2 aromatic rings. The minimum Gasteiger partial charge on any atom is -0.490 e. The first-order valence-corrected chi connectivity index (χ1v) is 9.66. The molecular weight excluding hydrogens is 358 g/mol. The van der Waals surface area contributed by atoms with Gasteiger partial charge in [0.15, 0.2) is 5.60 Å². The first-order chi connectivity index (χ1) is 13.5. The highest BCUT2D eigenvalue weighted by atomic mass is 16.5. The molecule has 150 valence electrons. The van der Waals surface area contributed by atoms with Crippen molar-refractivity contribution >= 4 is 5.97 Å². The van der Waals surface area contributed by atoms with Gasteiger partial charge in [-0.2, -0.15) is 0 Å². The Morgan fingerprint density at radius 2 is 1.96 bits per heavy atom. The molecular formula is C22H27NO5. The normalized spacial score (nSPS) is 19.0. The van der Waals surface area contributed by atoms with Gasteiger partial charge in [-0.05, 0) is 48.1 Å². The summed E-state index contributed by atoms with van der Waals surface area (Å²) < 4.78 is 16.9. The Labute approximate surface area is 165 Å². The summed E-state index contributed by atoms with van der Waals surface area (Å²) in [5, 5.41) is 9.53. The van der Waals surface area contributed by atoms with Crippen molar-refractivity contribution in [2.75, 3.05) is 19.8 Å². The van der Waals surface area contributed by atoms with Crippen molar-refractivity contribution in [1.29, 1.82) is 0 Å². The standard InChI is InChI=1S/C22H27NO5/c1-16(2)18-4-6-19(7-5-18)26-12-13-27-20-14-17(8-10-23-20)15-22(21(24)25)9-3-11-28-22/h4-8,10,14,16H,3,9,11-13,15H2,1-2H3,(H,24,25). The van der Waals surface area contributed by atoms with E-state index in [-0.39, 0.29) is 0 Å². The molecule has 6 nitrogen and oxygen atoms in total. The van der Waals surface area contributed by atoms with Crippen LogP contribution in [0.3, 0.4) is 0 Å². The molecule has 1 N–H and O–H groups in total. The molecule has 0 spiro atoms. The number of benzene rings is 1. The molecule has 28 heavy (non-hydrogen) atoms. The van der Waals surface area contributed by atoms with Crippen molar-refractivity contribution < 1.29 is 24.1 Å². The van der Waals surface area contributed by atoms with E-state index in [4.69, 9.17) is 14.2 Å². The summed E-state index contributed by atoms with van der Waals surface area (Å²) in [5.41, 5.74) is 0.971. The lowest BCUT2D eigenvalue weighted by atomic mass is 9.92. The number of rotatable bonds is 9. The third-order valence-electron chi connectivity index (χ3n) is 4.93. The molecule has 0 saturated carbocycles. The first-order valence-electron chi connectivity index (χ1n) is 9.66. The van der Waals surface area contributed by atoms with Crippen molar-refractivity contribution in [3.63, 3.8) is 0 Å². The summed E-state index contributed by atoms with van der Waals surface area (Å²) in [6.45, 7) is 5.54. The van der Waals surface area contributed by atoms with Crippen molar-refractivity contribution in [2.24, 2.45) is 0 Å². The fraction of sp³-hybridized carbons (Fsp3) is 0.455. The van der Waals surface area contributed by atoms with Gasteiger partial charge in [0.2, 0.25) is 5.88 Å². The van der Waals surface area contributed by atoms with Crippen LogP contribution in [0.15, 0.2) is 42.6 Å². The summed E-state index contributed by atoms with van der Waals surface area (Å²) in [4.78, 5) is 15.8. The number of hydrogen-bond acceptors (Lipinski definition) is 5. The second-order valence-corrected chi connectivity index (χ2v) is 7.35. The minimum absolute atomic E-state index is 0.305. The summed E-state index contributed by atoms with van der Waals surface area (Å²) in [7, 11) is 0. The number of carboxylic acid groups (broad SMARTS) is 1. The van der Waals surface area contributed by atoms with Crippen LogP contribution in [0.2, 0.25) is 0 Å². The monoisotopic (exact) mass is 385 g/mol. The zero-order valence-corrected chi connectivity index (χ0v) is 16.4. The third-order valence-corrected chi connectivity index (χ3v) is 4.93. The molecule has 2 heterocycles. The number of carbonyl (C=O) groups is 1. The van der Waals surface area contributed by atoms with Crippen LogP contribution < -0.4 is 9.47 Å². The van der Waals surface area contributed by atoms with E-state index in [2.05, 4.69) is 31.0 Å². The van der Waals surface area contributed by atoms with Gasteiger partial charge in [-0.3, -0.25) is 0 Å². The zero-order valence-electron chi connectivity index (χ0n) is 16.4. The second kappa shape index (κ2) is 9.06. The number of nitrogens with zero attached hydrogens (tertiary/aromatic N) is 1. The second-order valence-electron chi connectivity index (χ2n) is 7.35. The zero-order chi connectivity index (χ0) is 20.0. The molecule has 0 aliphatic carbocycles. The summed E-state index contributed by atoms with van der Waals surface area (Å²) in [6, 6.07) is 11.6. The Morgan fingerprint density at radius 3 is 2.61 bits per heavy atom. The number of pyridine rings is 1. The average molecular weight is 385 g/mol. The van der Waals surface area contributed by atoms with Gasteiger partial charge >= 0.3 is 5.97 Å². The molecule has 1 unspecified atom stereocenters. The van der Waals surface area contributed by atoms with Crippen molar-refractivity contribution in [1.82, 2.24) is 4.98 Å². The van der Waals surface area contributed by atoms with E-state index in [1.807, 2.05) is 12.1 Å². The van der Waals surface area contributed by atoms with Crippen LogP contribution in [-0.4, -0.2) is 41.5 Å².